The highest BCUT2D eigenvalue weighted by Crippen LogP contribution is 2.44. The zero-order chi connectivity index (χ0) is 28.2. The number of benzene rings is 1. The molecule has 3 N–H and O–H groups in total. The lowest BCUT2D eigenvalue weighted by molar-refractivity contribution is -0.0404. The number of fused-ring (bicyclic) bond motifs is 2. The van der Waals surface area contributed by atoms with Gasteiger partial charge in [-0.25, -0.2) is 9.97 Å². The Hall–Kier alpha value is -2.88. The molecule has 8 nitrogen and oxygen atoms in total. The number of nitrogen functional groups attached to an aromatic ring is 1. The van der Waals surface area contributed by atoms with Crippen molar-refractivity contribution in [3.05, 3.63) is 59.3 Å². The second kappa shape index (κ2) is 12.1. The molecule has 1 unspecified atom stereocenters. The van der Waals surface area contributed by atoms with Crippen LogP contribution in [-0.4, -0.2) is 64.7 Å². The molecule has 210 valence electrons. The normalized spacial score (nSPS) is 18.7. The van der Waals surface area contributed by atoms with Crippen molar-refractivity contribution in [1.82, 2.24) is 19.9 Å². The van der Waals surface area contributed by atoms with Crippen LogP contribution >= 0.6 is 11.8 Å². The van der Waals surface area contributed by atoms with Crippen molar-refractivity contribution < 1.29 is 4.74 Å². The smallest absolute Gasteiger partial charge is 0.229 e. The molecule has 2 aliphatic heterocycles. The van der Waals surface area contributed by atoms with Crippen molar-refractivity contribution in [2.24, 2.45) is 0 Å². The summed E-state index contributed by atoms with van der Waals surface area (Å²) in [5.74, 6) is 2.66. The van der Waals surface area contributed by atoms with E-state index in [1.807, 2.05) is 30.8 Å². The number of likely N-dealkylation sites (N-methyl/N-ethyl adjacent to an activating group) is 1. The molecular weight excluding hydrogens is 506 g/mol. The predicted octanol–water partition coefficient (Wildman–Crippen LogP) is 5.78. The average molecular weight is 550 g/mol. The van der Waals surface area contributed by atoms with Gasteiger partial charge in [0.25, 0.3) is 0 Å². The summed E-state index contributed by atoms with van der Waals surface area (Å²) in [6, 6.07) is 12.2. The van der Waals surface area contributed by atoms with Gasteiger partial charge in [0.15, 0.2) is 0 Å². The fourth-order valence-electron chi connectivity index (χ4n) is 4.84. The monoisotopic (exact) mass is 549 g/mol. The number of anilines is 5. The van der Waals surface area contributed by atoms with Crippen LogP contribution in [0.15, 0.2) is 42.6 Å². The van der Waals surface area contributed by atoms with E-state index in [0.29, 0.717) is 24.9 Å². The highest BCUT2D eigenvalue weighted by molar-refractivity contribution is 7.97. The van der Waals surface area contributed by atoms with Crippen molar-refractivity contribution >= 4 is 40.9 Å². The van der Waals surface area contributed by atoms with E-state index in [0.717, 1.165) is 48.8 Å². The summed E-state index contributed by atoms with van der Waals surface area (Å²) in [5, 5.41) is 3.43. The highest BCUT2D eigenvalue weighted by Gasteiger charge is 2.43. The molecular formula is C30H43N7OS. The summed E-state index contributed by atoms with van der Waals surface area (Å²) >= 11 is 1.75. The molecule has 9 heteroatoms. The molecule has 5 rings (SSSR count). The lowest BCUT2D eigenvalue weighted by Crippen LogP contribution is -2.37. The van der Waals surface area contributed by atoms with Crippen LogP contribution in [0.5, 0.6) is 0 Å². The molecule has 0 saturated carbocycles. The van der Waals surface area contributed by atoms with E-state index >= 15 is 0 Å². The standard InChI is InChI=1S/C28H37N7O.C2H6S/c1-6-27(2,3)36-18-28(4)17-35(24-9-7-8-23(29)32-24)25-22(28)15-30-26(33-25)31-21-11-10-19-12-13-34(5)16-20(19)14-21;1-3-2/h7-11,14-15H,6,12-13,16-18H2,1-5H3,(H2,29,32)(H,30,31,33);1-2H3. The first-order valence-corrected chi connectivity index (χ1v) is 15.2. The fraction of sp³-hybridized carbons (Fsp3) is 0.500. The summed E-state index contributed by atoms with van der Waals surface area (Å²) < 4.78 is 6.37. The molecule has 1 atom stereocenters. The Morgan fingerprint density at radius 2 is 1.92 bits per heavy atom. The summed E-state index contributed by atoms with van der Waals surface area (Å²) in [6.07, 6.45) is 8.04. The lowest BCUT2D eigenvalue weighted by atomic mass is 9.87. The number of hydrogen-bond acceptors (Lipinski definition) is 9. The third kappa shape index (κ3) is 6.83. The lowest BCUT2D eigenvalue weighted by Gasteiger charge is -2.31. The number of rotatable bonds is 7. The van der Waals surface area contributed by atoms with Crippen molar-refractivity contribution in [3.8, 4) is 0 Å². The number of nitrogens with zero attached hydrogens (tertiary/aromatic N) is 5. The molecule has 0 bridgehead atoms. The minimum Gasteiger partial charge on any atom is -0.384 e. The van der Waals surface area contributed by atoms with Crippen LogP contribution < -0.4 is 16.0 Å². The van der Waals surface area contributed by atoms with E-state index in [9.17, 15) is 0 Å². The van der Waals surface area contributed by atoms with Crippen LogP contribution in [0.2, 0.25) is 0 Å². The van der Waals surface area contributed by atoms with Crippen LogP contribution in [0.4, 0.5) is 29.1 Å². The number of ether oxygens (including phenoxy) is 1. The second-order valence-electron chi connectivity index (χ2n) is 11.4. The van der Waals surface area contributed by atoms with Gasteiger partial charge in [-0.05, 0) is 81.6 Å². The molecule has 2 aliphatic rings. The molecule has 0 saturated heterocycles. The van der Waals surface area contributed by atoms with Gasteiger partial charge in [-0.2, -0.15) is 16.7 Å². The first-order valence-electron chi connectivity index (χ1n) is 13.6. The summed E-state index contributed by atoms with van der Waals surface area (Å²) in [5.41, 5.74) is 10.4. The van der Waals surface area contributed by atoms with Gasteiger partial charge in [0.05, 0.1) is 12.2 Å². The predicted molar refractivity (Wildman–Crippen MR) is 165 cm³/mol. The number of aromatic nitrogens is 3. The van der Waals surface area contributed by atoms with Crippen molar-refractivity contribution in [3.63, 3.8) is 0 Å². The SMILES string of the molecule is CCC(C)(C)OCC1(C)CN(c2cccc(N)n2)c2nc(Nc3ccc4c(c3)CN(C)CC4)ncc21.CSC. The summed E-state index contributed by atoms with van der Waals surface area (Å²) in [6.45, 7) is 11.9. The minimum absolute atomic E-state index is 0.200. The maximum atomic E-state index is 6.37. The summed E-state index contributed by atoms with van der Waals surface area (Å²) in [4.78, 5) is 18.8. The molecule has 3 aromatic rings. The first-order chi connectivity index (χ1) is 18.6. The Balaban J connectivity index is 0.00000112. The van der Waals surface area contributed by atoms with Gasteiger partial charge in [-0.1, -0.05) is 26.0 Å². The van der Waals surface area contributed by atoms with Crippen molar-refractivity contribution in [2.45, 2.75) is 58.1 Å². The first kappa shape index (κ1) is 29.1. The highest BCUT2D eigenvalue weighted by atomic mass is 32.2. The number of thioether (sulfide) groups is 1. The van der Waals surface area contributed by atoms with E-state index in [2.05, 4.69) is 73.0 Å². The molecule has 0 aliphatic carbocycles. The fourth-order valence-corrected chi connectivity index (χ4v) is 4.84. The van der Waals surface area contributed by atoms with E-state index in [1.54, 1.807) is 17.8 Å². The second-order valence-corrected chi connectivity index (χ2v) is 12.2. The number of nitrogens with two attached hydrogens (primary N) is 1. The molecule has 2 aromatic heterocycles. The van der Waals surface area contributed by atoms with Crippen molar-refractivity contribution in [1.29, 1.82) is 0 Å². The van der Waals surface area contributed by atoms with Crippen LogP contribution in [-0.2, 0) is 23.1 Å². The molecule has 39 heavy (non-hydrogen) atoms. The molecule has 0 spiro atoms. The molecule has 1 aromatic carbocycles. The van der Waals surface area contributed by atoms with Gasteiger partial charge in [-0.3, -0.25) is 0 Å². The maximum Gasteiger partial charge on any atom is 0.229 e. The quantitative estimate of drug-likeness (QED) is 0.380. The minimum atomic E-state index is -0.289. The third-order valence-electron chi connectivity index (χ3n) is 7.51. The average Bonchev–Trinajstić information content (AvgIpc) is 3.20. The van der Waals surface area contributed by atoms with Crippen LogP contribution in [0.3, 0.4) is 0 Å². The van der Waals surface area contributed by atoms with E-state index in [-0.39, 0.29) is 11.0 Å². The topological polar surface area (TPSA) is 92.4 Å². The van der Waals surface area contributed by atoms with Gasteiger partial charge in [0, 0.05) is 42.5 Å². The van der Waals surface area contributed by atoms with Gasteiger partial charge < -0.3 is 25.6 Å². The Morgan fingerprint density at radius 3 is 2.64 bits per heavy atom. The third-order valence-corrected chi connectivity index (χ3v) is 7.51. The Labute approximate surface area is 237 Å². The molecule has 0 fully saturated rings. The van der Waals surface area contributed by atoms with E-state index in [4.69, 9.17) is 20.4 Å². The van der Waals surface area contributed by atoms with Gasteiger partial charge in [0.1, 0.15) is 17.5 Å². The largest absolute Gasteiger partial charge is 0.384 e. The van der Waals surface area contributed by atoms with E-state index < -0.39 is 0 Å². The number of nitrogens with one attached hydrogen (secondary N) is 1. The van der Waals surface area contributed by atoms with Crippen molar-refractivity contribution in [2.75, 3.05) is 55.2 Å². The Kier molecular flexibility index (Phi) is 9.03. The van der Waals surface area contributed by atoms with Crippen LogP contribution in [0, 0.1) is 0 Å². The van der Waals surface area contributed by atoms with Gasteiger partial charge >= 0.3 is 0 Å². The maximum absolute atomic E-state index is 6.37. The Bertz CT molecular complexity index is 1280. The number of pyridine rings is 1. The molecule has 0 radical (unpaired) electrons. The molecule has 0 amide bonds. The van der Waals surface area contributed by atoms with E-state index in [1.165, 1.54) is 11.1 Å². The Morgan fingerprint density at radius 1 is 1.15 bits per heavy atom. The van der Waals surface area contributed by atoms with Gasteiger partial charge in [-0.15, -0.1) is 0 Å². The number of hydrogen-bond donors (Lipinski definition) is 2. The molecule has 4 heterocycles. The van der Waals surface area contributed by atoms with Gasteiger partial charge in [0.2, 0.25) is 5.95 Å². The zero-order valence-corrected chi connectivity index (χ0v) is 25.2. The van der Waals surface area contributed by atoms with Crippen LogP contribution in [0.1, 0.15) is 50.8 Å². The van der Waals surface area contributed by atoms with Crippen LogP contribution in [0.25, 0.3) is 0 Å². The zero-order valence-electron chi connectivity index (χ0n) is 24.4. The summed E-state index contributed by atoms with van der Waals surface area (Å²) in [7, 11) is 2.16.